The fourth-order valence-corrected chi connectivity index (χ4v) is 2.09. The van der Waals surface area contributed by atoms with E-state index < -0.39 is 10.9 Å². The van der Waals surface area contributed by atoms with Gasteiger partial charge in [-0.15, -0.1) is 0 Å². The van der Waals surface area contributed by atoms with E-state index in [4.69, 9.17) is 5.11 Å². The fourth-order valence-electron chi connectivity index (χ4n) is 2.09. The van der Waals surface area contributed by atoms with Gasteiger partial charge in [0.05, 0.1) is 21.7 Å². The second-order valence-electron chi connectivity index (χ2n) is 4.39. The molecule has 0 aliphatic carbocycles. The van der Waals surface area contributed by atoms with Crippen LogP contribution in [0.2, 0.25) is 0 Å². The molecule has 0 spiro atoms. The first-order valence-electron chi connectivity index (χ1n) is 6.02. The third kappa shape index (κ3) is 2.20. The molecule has 0 radical (unpaired) electrons. The van der Waals surface area contributed by atoms with E-state index in [0.717, 1.165) is 0 Å². The fraction of sp³-hybridized carbons (Fsp3) is 0. The van der Waals surface area contributed by atoms with Gasteiger partial charge in [-0.2, -0.15) is 0 Å². The summed E-state index contributed by atoms with van der Waals surface area (Å²) in [6.45, 7) is 0. The highest BCUT2D eigenvalue weighted by atomic mass is 16.6. The van der Waals surface area contributed by atoms with Crippen molar-refractivity contribution in [1.82, 2.24) is 9.38 Å². The normalized spacial score (nSPS) is 10.7. The zero-order valence-electron chi connectivity index (χ0n) is 10.6. The summed E-state index contributed by atoms with van der Waals surface area (Å²) >= 11 is 0. The largest absolute Gasteiger partial charge is 0.478 e. The Kier molecular flexibility index (Phi) is 2.87. The number of carbonyl (C=O) groups is 1. The Labute approximate surface area is 118 Å². The number of nitro benzene ring substituents is 1. The maximum atomic E-state index is 11.0. The number of hydrogen-bond acceptors (Lipinski definition) is 4. The van der Waals surface area contributed by atoms with Crippen molar-refractivity contribution in [2.75, 3.05) is 0 Å². The summed E-state index contributed by atoms with van der Waals surface area (Å²) in [7, 11) is 0. The number of hydrogen-bond donors (Lipinski definition) is 1. The Morgan fingerprint density at radius 2 is 2.05 bits per heavy atom. The van der Waals surface area contributed by atoms with E-state index in [2.05, 4.69) is 4.98 Å². The van der Waals surface area contributed by atoms with Crippen LogP contribution in [-0.2, 0) is 0 Å². The third-order valence-electron chi connectivity index (χ3n) is 3.08. The van der Waals surface area contributed by atoms with E-state index in [1.165, 1.54) is 18.2 Å². The Balaban J connectivity index is 2.18. The smallest absolute Gasteiger partial charge is 0.335 e. The predicted octanol–water partition coefficient (Wildman–Crippen LogP) is 2.61. The van der Waals surface area contributed by atoms with Crippen molar-refractivity contribution < 1.29 is 14.8 Å². The molecule has 21 heavy (non-hydrogen) atoms. The van der Waals surface area contributed by atoms with Crippen LogP contribution in [-0.4, -0.2) is 25.4 Å². The van der Waals surface area contributed by atoms with Crippen molar-refractivity contribution in [2.45, 2.75) is 0 Å². The lowest BCUT2D eigenvalue weighted by Gasteiger charge is -1.97. The summed E-state index contributed by atoms with van der Waals surface area (Å²) in [6, 6.07) is 9.15. The van der Waals surface area contributed by atoms with Crippen LogP contribution in [0.4, 0.5) is 5.69 Å². The van der Waals surface area contributed by atoms with Gasteiger partial charge in [0, 0.05) is 18.5 Å². The number of rotatable bonds is 3. The molecule has 3 aromatic rings. The zero-order chi connectivity index (χ0) is 15.0. The molecule has 7 nitrogen and oxygen atoms in total. The van der Waals surface area contributed by atoms with Crippen molar-refractivity contribution in [1.29, 1.82) is 0 Å². The second kappa shape index (κ2) is 4.71. The molecule has 0 amide bonds. The third-order valence-corrected chi connectivity index (χ3v) is 3.08. The summed E-state index contributed by atoms with van der Waals surface area (Å²) in [5, 5.41) is 20.0. The minimum absolute atomic E-state index is 0.0423. The summed E-state index contributed by atoms with van der Waals surface area (Å²) in [6.07, 6.45) is 3.19. The SMILES string of the molecule is O=C(O)c1ccn2cc(-c3ccccc3[N+](=O)[O-])nc2c1. The number of aromatic nitrogens is 2. The van der Waals surface area contributed by atoms with Gasteiger partial charge in [-0.05, 0) is 18.2 Å². The number of benzene rings is 1. The van der Waals surface area contributed by atoms with Crippen LogP contribution in [0.25, 0.3) is 16.9 Å². The molecule has 0 aliphatic rings. The van der Waals surface area contributed by atoms with Crippen molar-refractivity contribution >= 4 is 17.3 Å². The lowest BCUT2D eigenvalue weighted by Crippen LogP contribution is -1.96. The number of aromatic carboxylic acids is 1. The molecular formula is C14H9N3O4. The van der Waals surface area contributed by atoms with E-state index in [1.54, 1.807) is 35.0 Å². The first-order chi connectivity index (χ1) is 10.1. The molecule has 0 aliphatic heterocycles. The van der Waals surface area contributed by atoms with Gasteiger partial charge in [0.2, 0.25) is 0 Å². The van der Waals surface area contributed by atoms with Crippen LogP contribution in [0.1, 0.15) is 10.4 Å². The minimum Gasteiger partial charge on any atom is -0.478 e. The van der Waals surface area contributed by atoms with Crippen molar-refractivity contribution in [3.63, 3.8) is 0 Å². The highest BCUT2D eigenvalue weighted by molar-refractivity contribution is 5.88. The highest BCUT2D eigenvalue weighted by Gasteiger charge is 2.17. The molecule has 0 saturated heterocycles. The average molecular weight is 283 g/mol. The molecule has 0 saturated carbocycles. The number of nitrogens with zero attached hydrogens (tertiary/aromatic N) is 3. The molecule has 0 fully saturated rings. The first-order valence-corrected chi connectivity index (χ1v) is 6.02. The number of imidazole rings is 1. The van der Waals surface area contributed by atoms with E-state index in [0.29, 0.717) is 16.9 Å². The van der Waals surface area contributed by atoms with Gasteiger partial charge < -0.3 is 9.51 Å². The van der Waals surface area contributed by atoms with Crippen LogP contribution in [0.3, 0.4) is 0 Å². The lowest BCUT2D eigenvalue weighted by molar-refractivity contribution is -0.384. The van der Waals surface area contributed by atoms with Crippen LogP contribution >= 0.6 is 0 Å². The number of fused-ring (bicyclic) bond motifs is 1. The van der Waals surface area contributed by atoms with Gasteiger partial charge >= 0.3 is 5.97 Å². The van der Waals surface area contributed by atoms with E-state index in [-0.39, 0.29) is 11.3 Å². The van der Waals surface area contributed by atoms with Gasteiger partial charge in [0.1, 0.15) is 5.65 Å². The molecule has 0 bridgehead atoms. The van der Waals surface area contributed by atoms with Crippen LogP contribution in [0, 0.1) is 10.1 Å². The summed E-state index contributed by atoms with van der Waals surface area (Å²) in [4.78, 5) is 25.8. The molecule has 2 aromatic heterocycles. The van der Waals surface area contributed by atoms with Crippen molar-refractivity contribution in [2.24, 2.45) is 0 Å². The minimum atomic E-state index is -1.05. The van der Waals surface area contributed by atoms with Crippen LogP contribution < -0.4 is 0 Å². The van der Waals surface area contributed by atoms with E-state index in [9.17, 15) is 14.9 Å². The second-order valence-corrected chi connectivity index (χ2v) is 4.39. The molecule has 3 rings (SSSR count). The maximum absolute atomic E-state index is 11.0. The summed E-state index contributed by atoms with van der Waals surface area (Å²) < 4.78 is 1.62. The van der Waals surface area contributed by atoms with Gasteiger partial charge in [-0.1, -0.05) is 12.1 Å². The topological polar surface area (TPSA) is 97.7 Å². The predicted molar refractivity (Wildman–Crippen MR) is 74.2 cm³/mol. The van der Waals surface area contributed by atoms with Gasteiger partial charge in [0.25, 0.3) is 5.69 Å². The molecule has 1 aromatic carbocycles. The molecular weight excluding hydrogens is 274 g/mol. The Hall–Kier alpha value is -3.22. The maximum Gasteiger partial charge on any atom is 0.335 e. The summed E-state index contributed by atoms with van der Waals surface area (Å²) in [5.74, 6) is -1.05. The molecule has 0 atom stereocenters. The van der Waals surface area contributed by atoms with Gasteiger partial charge in [-0.25, -0.2) is 9.78 Å². The number of carboxylic acid groups (broad SMARTS) is 1. The number of nitro groups is 1. The number of pyridine rings is 1. The average Bonchev–Trinajstić information content (AvgIpc) is 2.89. The Morgan fingerprint density at radius 1 is 1.29 bits per heavy atom. The van der Waals surface area contributed by atoms with Crippen LogP contribution in [0.15, 0.2) is 48.8 Å². The van der Waals surface area contributed by atoms with E-state index in [1.807, 2.05) is 0 Å². The molecule has 1 N–H and O–H groups in total. The van der Waals surface area contributed by atoms with Crippen LogP contribution in [0.5, 0.6) is 0 Å². The van der Waals surface area contributed by atoms with Crippen molar-refractivity contribution in [3.8, 4) is 11.3 Å². The molecule has 104 valence electrons. The quantitative estimate of drug-likeness (QED) is 0.588. The first kappa shape index (κ1) is 12.8. The zero-order valence-corrected chi connectivity index (χ0v) is 10.6. The Bertz CT molecular complexity index is 870. The molecule has 0 unspecified atom stereocenters. The van der Waals surface area contributed by atoms with E-state index >= 15 is 0 Å². The number of para-hydroxylation sites is 1. The Morgan fingerprint density at radius 3 is 2.76 bits per heavy atom. The standard InChI is InChI=1S/C14H9N3O4/c18-14(19)9-5-6-16-8-11(15-13(16)7-9)10-3-1-2-4-12(10)17(20)21/h1-8H,(H,18,19). The monoisotopic (exact) mass is 283 g/mol. The number of carboxylic acids is 1. The van der Waals surface area contributed by atoms with Gasteiger partial charge in [0.15, 0.2) is 0 Å². The van der Waals surface area contributed by atoms with Gasteiger partial charge in [-0.3, -0.25) is 10.1 Å². The highest BCUT2D eigenvalue weighted by Crippen LogP contribution is 2.28. The lowest BCUT2D eigenvalue weighted by atomic mass is 10.1. The summed E-state index contributed by atoms with van der Waals surface area (Å²) in [5.41, 5.74) is 1.30. The van der Waals surface area contributed by atoms with Crippen molar-refractivity contribution in [3.05, 3.63) is 64.5 Å². The molecule has 2 heterocycles. The molecule has 7 heteroatoms.